The summed E-state index contributed by atoms with van der Waals surface area (Å²) in [6, 6.07) is 22.9. The van der Waals surface area contributed by atoms with Gasteiger partial charge in [-0.15, -0.1) is 0 Å². The van der Waals surface area contributed by atoms with Gasteiger partial charge in [0.25, 0.3) is 0 Å². The molecule has 1 aromatic heterocycles. The van der Waals surface area contributed by atoms with E-state index in [9.17, 15) is 22.8 Å². The highest BCUT2D eigenvalue weighted by molar-refractivity contribution is 5.86. The van der Waals surface area contributed by atoms with Gasteiger partial charge in [0, 0.05) is 19.3 Å². The number of hydrogen-bond donors (Lipinski definition) is 2. The van der Waals surface area contributed by atoms with Crippen LogP contribution in [-0.2, 0) is 29.0 Å². The lowest BCUT2D eigenvalue weighted by molar-refractivity contribution is -0.186. The van der Waals surface area contributed by atoms with Crippen LogP contribution in [0.1, 0.15) is 22.3 Å². The lowest BCUT2D eigenvalue weighted by Crippen LogP contribution is -2.50. The third-order valence-electron chi connectivity index (χ3n) is 6.52. The Labute approximate surface area is 224 Å². The molecule has 3 N–H and O–H groups in total. The standard InChI is InChI=1S/C30H29F3N4O2/c1-20-7-2-3-9-23(20)16-28(38)36-25(15-24-11-6-10-22-8-4-5-12-26(22)24)19-37(29(39)30(31,32)33)18-21-13-14-27(34)35-17-21/h2-14,17,25H,15-16,18-19H2,1H3,(H2,34,35)(H,36,38)/t25-/m0/s1. The van der Waals surface area contributed by atoms with Crippen LogP contribution in [0, 0.1) is 6.92 Å². The molecule has 0 unspecified atom stereocenters. The number of amides is 2. The number of aryl methyl sites for hydroxylation is 1. The highest BCUT2D eigenvalue weighted by atomic mass is 19.4. The van der Waals surface area contributed by atoms with E-state index in [1.54, 1.807) is 0 Å². The fraction of sp³-hybridized carbons (Fsp3) is 0.233. The number of rotatable bonds is 9. The van der Waals surface area contributed by atoms with Crippen LogP contribution in [0.4, 0.5) is 19.0 Å². The summed E-state index contributed by atoms with van der Waals surface area (Å²) < 4.78 is 40.9. The molecular formula is C30H29F3N4O2. The first-order valence-electron chi connectivity index (χ1n) is 12.5. The molecule has 1 heterocycles. The molecule has 0 spiro atoms. The van der Waals surface area contributed by atoms with E-state index in [1.807, 2.05) is 73.7 Å². The van der Waals surface area contributed by atoms with Gasteiger partial charge in [-0.05, 0) is 52.4 Å². The van der Waals surface area contributed by atoms with Crippen molar-refractivity contribution in [2.45, 2.75) is 38.5 Å². The van der Waals surface area contributed by atoms with Gasteiger partial charge in [0.05, 0.1) is 12.5 Å². The van der Waals surface area contributed by atoms with Crippen LogP contribution in [0.25, 0.3) is 10.8 Å². The van der Waals surface area contributed by atoms with Gasteiger partial charge < -0.3 is 16.0 Å². The van der Waals surface area contributed by atoms with Crippen molar-refractivity contribution in [1.29, 1.82) is 0 Å². The quantitative estimate of drug-likeness (QED) is 0.317. The maximum Gasteiger partial charge on any atom is 0.471 e. The van der Waals surface area contributed by atoms with E-state index in [1.165, 1.54) is 18.3 Å². The molecule has 6 nitrogen and oxygen atoms in total. The summed E-state index contributed by atoms with van der Waals surface area (Å²) in [5.41, 5.74) is 8.59. The van der Waals surface area contributed by atoms with E-state index in [-0.39, 0.29) is 37.7 Å². The Hall–Kier alpha value is -4.40. The van der Waals surface area contributed by atoms with Crippen LogP contribution in [-0.4, -0.2) is 40.5 Å². The number of carbonyl (C=O) groups is 2. The topological polar surface area (TPSA) is 88.3 Å². The van der Waals surface area contributed by atoms with E-state index in [2.05, 4.69) is 10.3 Å². The molecule has 0 radical (unpaired) electrons. The Morgan fingerprint density at radius 1 is 0.949 bits per heavy atom. The van der Waals surface area contributed by atoms with Crippen LogP contribution in [0.5, 0.6) is 0 Å². The molecule has 0 aliphatic carbocycles. The van der Waals surface area contributed by atoms with Crippen LogP contribution in [0.15, 0.2) is 85.1 Å². The summed E-state index contributed by atoms with van der Waals surface area (Å²) in [6.07, 6.45) is -3.46. The molecule has 0 saturated carbocycles. The molecule has 4 aromatic rings. The number of pyridine rings is 1. The first-order chi connectivity index (χ1) is 18.6. The van der Waals surface area contributed by atoms with Crippen molar-refractivity contribution in [2.24, 2.45) is 0 Å². The molecule has 2 amide bonds. The predicted octanol–water partition coefficient (Wildman–Crippen LogP) is 4.99. The van der Waals surface area contributed by atoms with Crippen molar-refractivity contribution in [1.82, 2.24) is 15.2 Å². The molecule has 0 bridgehead atoms. The minimum atomic E-state index is -5.09. The minimum absolute atomic E-state index is 0.0633. The average Bonchev–Trinajstić information content (AvgIpc) is 2.90. The van der Waals surface area contributed by atoms with E-state index >= 15 is 0 Å². The lowest BCUT2D eigenvalue weighted by atomic mass is 9.98. The number of alkyl halides is 3. The number of nitrogens with zero attached hydrogens (tertiary/aromatic N) is 2. The van der Waals surface area contributed by atoms with E-state index in [0.717, 1.165) is 27.5 Å². The zero-order chi connectivity index (χ0) is 28.0. The minimum Gasteiger partial charge on any atom is -0.384 e. The SMILES string of the molecule is Cc1ccccc1CC(=O)N[C@@H](Cc1cccc2ccccc12)CN(Cc1ccc(N)nc1)C(=O)C(F)(F)F. The van der Waals surface area contributed by atoms with E-state index in [0.29, 0.717) is 10.5 Å². The maximum atomic E-state index is 13.6. The fourth-order valence-corrected chi connectivity index (χ4v) is 4.57. The molecule has 1 atom stereocenters. The Bertz CT molecular complexity index is 1450. The number of nitrogens with one attached hydrogen (secondary N) is 1. The largest absolute Gasteiger partial charge is 0.471 e. The number of halogens is 3. The summed E-state index contributed by atoms with van der Waals surface area (Å²) in [4.78, 5) is 30.2. The molecule has 39 heavy (non-hydrogen) atoms. The molecule has 0 aliphatic heterocycles. The highest BCUT2D eigenvalue weighted by Crippen LogP contribution is 2.23. The zero-order valence-electron chi connectivity index (χ0n) is 21.4. The number of fused-ring (bicyclic) bond motifs is 1. The van der Waals surface area contributed by atoms with Crippen LogP contribution in [0.2, 0.25) is 0 Å². The first kappa shape index (κ1) is 27.6. The molecule has 9 heteroatoms. The molecule has 3 aromatic carbocycles. The van der Waals surface area contributed by atoms with Gasteiger partial charge in [0.1, 0.15) is 5.82 Å². The van der Waals surface area contributed by atoms with Crippen molar-refractivity contribution in [2.75, 3.05) is 12.3 Å². The normalized spacial score (nSPS) is 12.2. The molecule has 0 saturated heterocycles. The number of anilines is 1. The summed E-state index contributed by atoms with van der Waals surface area (Å²) in [5, 5.41) is 4.80. The van der Waals surface area contributed by atoms with Gasteiger partial charge in [0.2, 0.25) is 5.91 Å². The third-order valence-corrected chi connectivity index (χ3v) is 6.52. The second-order valence-corrected chi connectivity index (χ2v) is 9.48. The van der Waals surface area contributed by atoms with Crippen molar-refractivity contribution in [3.63, 3.8) is 0 Å². The lowest BCUT2D eigenvalue weighted by Gasteiger charge is -2.29. The summed E-state index contributed by atoms with van der Waals surface area (Å²) in [6.45, 7) is 1.19. The number of carbonyl (C=O) groups excluding carboxylic acids is 2. The molecular weight excluding hydrogens is 505 g/mol. The monoisotopic (exact) mass is 534 g/mol. The Morgan fingerprint density at radius 3 is 2.36 bits per heavy atom. The van der Waals surface area contributed by atoms with Gasteiger partial charge in [-0.2, -0.15) is 13.2 Å². The molecule has 0 fully saturated rings. The van der Waals surface area contributed by atoms with Crippen molar-refractivity contribution >= 4 is 28.4 Å². The van der Waals surface area contributed by atoms with Crippen molar-refractivity contribution in [3.8, 4) is 0 Å². The molecule has 202 valence electrons. The summed E-state index contributed by atoms with van der Waals surface area (Å²) in [7, 11) is 0. The summed E-state index contributed by atoms with van der Waals surface area (Å²) >= 11 is 0. The third kappa shape index (κ3) is 7.34. The van der Waals surface area contributed by atoms with Gasteiger partial charge in [0.15, 0.2) is 0 Å². The van der Waals surface area contributed by atoms with Gasteiger partial charge in [-0.3, -0.25) is 9.59 Å². The van der Waals surface area contributed by atoms with Gasteiger partial charge in [-0.25, -0.2) is 4.98 Å². The van der Waals surface area contributed by atoms with Crippen LogP contribution in [0.3, 0.4) is 0 Å². The summed E-state index contributed by atoms with van der Waals surface area (Å²) in [5.74, 6) is -2.12. The Morgan fingerprint density at radius 2 is 1.64 bits per heavy atom. The smallest absolute Gasteiger partial charge is 0.384 e. The molecule has 0 aliphatic rings. The molecule has 4 rings (SSSR count). The fourth-order valence-electron chi connectivity index (χ4n) is 4.57. The number of hydrogen-bond acceptors (Lipinski definition) is 4. The average molecular weight is 535 g/mol. The predicted molar refractivity (Wildman–Crippen MR) is 145 cm³/mol. The van der Waals surface area contributed by atoms with Crippen LogP contribution >= 0.6 is 0 Å². The Kier molecular flexibility index (Phi) is 8.49. The first-order valence-corrected chi connectivity index (χ1v) is 12.5. The van der Waals surface area contributed by atoms with E-state index < -0.39 is 18.1 Å². The Balaban J connectivity index is 1.64. The van der Waals surface area contributed by atoms with Crippen molar-refractivity contribution < 1.29 is 22.8 Å². The number of aromatic nitrogens is 1. The van der Waals surface area contributed by atoms with Gasteiger partial charge in [-0.1, -0.05) is 72.8 Å². The number of nitrogen functional groups attached to an aromatic ring is 1. The second kappa shape index (κ2) is 12.0. The zero-order valence-corrected chi connectivity index (χ0v) is 21.4. The highest BCUT2D eigenvalue weighted by Gasteiger charge is 2.43. The van der Waals surface area contributed by atoms with Crippen molar-refractivity contribution in [3.05, 3.63) is 107 Å². The maximum absolute atomic E-state index is 13.6. The number of nitrogens with two attached hydrogens (primary N) is 1. The van der Waals surface area contributed by atoms with Gasteiger partial charge >= 0.3 is 12.1 Å². The van der Waals surface area contributed by atoms with Crippen LogP contribution < -0.4 is 11.1 Å². The second-order valence-electron chi connectivity index (χ2n) is 9.48. The number of benzene rings is 3. The van der Waals surface area contributed by atoms with E-state index in [4.69, 9.17) is 5.73 Å².